The van der Waals surface area contributed by atoms with Crippen molar-refractivity contribution in [3.8, 4) is 12.1 Å². The molecule has 0 aromatic heterocycles. The van der Waals surface area contributed by atoms with Crippen molar-refractivity contribution in [3.63, 3.8) is 0 Å². The van der Waals surface area contributed by atoms with Crippen LogP contribution in [0.15, 0.2) is 41.1 Å². The highest BCUT2D eigenvalue weighted by molar-refractivity contribution is 6.33. The molecule has 0 atom stereocenters. The van der Waals surface area contributed by atoms with Crippen LogP contribution >= 0.6 is 11.6 Å². The van der Waals surface area contributed by atoms with Gasteiger partial charge in [0.25, 0.3) is 0 Å². The quantitative estimate of drug-likeness (QED) is 0.482. The first kappa shape index (κ1) is 25.2. The molecule has 0 fully saturated rings. The van der Waals surface area contributed by atoms with E-state index in [-0.39, 0.29) is 10.6 Å². The van der Waals surface area contributed by atoms with Gasteiger partial charge in [0.1, 0.15) is 0 Å². The van der Waals surface area contributed by atoms with Crippen molar-refractivity contribution < 1.29 is 31.5 Å². The van der Waals surface area contributed by atoms with Crippen molar-refractivity contribution in [2.45, 2.75) is 38.4 Å². The number of halogens is 6. The molecule has 0 bridgehead atoms. The number of nitriles is 2. The van der Waals surface area contributed by atoms with E-state index in [1.54, 1.807) is 0 Å². The van der Waals surface area contributed by atoms with Gasteiger partial charge >= 0.3 is 18.1 Å². The molecule has 170 valence electrons. The number of hydrogen-bond acceptors (Lipinski definition) is 5. The van der Waals surface area contributed by atoms with Crippen molar-refractivity contribution in [3.05, 3.63) is 51.7 Å². The summed E-state index contributed by atoms with van der Waals surface area (Å²) in [6.07, 6.45) is -6.15. The van der Waals surface area contributed by atoms with E-state index in [1.807, 2.05) is 0 Å². The van der Waals surface area contributed by atoms with E-state index in [9.17, 15) is 37.3 Å². The molecule has 0 heterocycles. The van der Waals surface area contributed by atoms with Crippen LogP contribution in [0, 0.1) is 28.1 Å². The van der Waals surface area contributed by atoms with E-state index in [0.29, 0.717) is 0 Å². The summed E-state index contributed by atoms with van der Waals surface area (Å²) < 4.78 is 74.9. The number of carbonyl (C=O) groups excluding carboxylic acids is 1. The van der Waals surface area contributed by atoms with Gasteiger partial charge in [0, 0.05) is 21.7 Å². The van der Waals surface area contributed by atoms with E-state index in [0.717, 1.165) is 7.11 Å². The highest BCUT2D eigenvalue weighted by atomic mass is 35.5. The molecule has 1 aromatic carbocycles. The predicted octanol–water partition coefficient (Wildman–Crippen LogP) is 5.15. The minimum atomic E-state index is -6.15. The summed E-state index contributed by atoms with van der Waals surface area (Å²) in [5, 5.41) is 22.2. The summed E-state index contributed by atoms with van der Waals surface area (Å²) in [5.74, 6) is -7.20. The molecule has 32 heavy (non-hydrogen) atoms. The number of alkyl halides is 5. The summed E-state index contributed by atoms with van der Waals surface area (Å²) in [6, 6.07) is 8.34. The zero-order valence-electron chi connectivity index (χ0n) is 17.3. The smallest absolute Gasteiger partial charge is 0.458 e. The molecule has 0 unspecified atom stereocenters. The Morgan fingerprint density at radius 3 is 2.03 bits per heavy atom. The maximum Gasteiger partial charge on any atom is 0.458 e. The first-order valence-corrected chi connectivity index (χ1v) is 9.35. The van der Waals surface area contributed by atoms with Gasteiger partial charge in [-0.1, -0.05) is 29.8 Å². The van der Waals surface area contributed by atoms with Gasteiger partial charge in [0.15, 0.2) is 0 Å². The van der Waals surface area contributed by atoms with E-state index in [1.165, 1.54) is 57.2 Å². The number of methoxy groups -OCH3 is 1. The standard InChI is InChI=1S/C21H17ClF5N3O2/c1-18(2,3)30-16-15(20(23,24)21(25,26)27)13(17(31)32-4)14(19(16,9-28)10-29)11-7-5-6-8-12(11)22/h5-8,30H,1-4H3. The van der Waals surface area contributed by atoms with Crippen molar-refractivity contribution in [1.29, 1.82) is 10.5 Å². The third-order valence-electron chi connectivity index (χ3n) is 4.54. The average molecular weight is 474 g/mol. The molecule has 0 amide bonds. The van der Waals surface area contributed by atoms with Crippen LogP contribution in [0.4, 0.5) is 22.0 Å². The first-order chi connectivity index (χ1) is 14.6. The van der Waals surface area contributed by atoms with Crippen molar-refractivity contribution >= 4 is 23.1 Å². The van der Waals surface area contributed by atoms with E-state index in [4.69, 9.17) is 11.6 Å². The fraction of sp³-hybridized carbons (Fsp3) is 0.381. The zero-order chi connectivity index (χ0) is 24.7. The minimum Gasteiger partial charge on any atom is -0.465 e. The molecular formula is C21H17ClF5N3O2. The molecule has 1 aliphatic carbocycles. The number of benzene rings is 1. The van der Waals surface area contributed by atoms with Crippen LogP contribution in [0.1, 0.15) is 26.3 Å². The average Bonchev–Trinajstić information content (AvgIpc) is 2.96. The number of nitrogens with one attached hydrogen (secondary N) is 1. The molecule has 1 N–H and O–H groups in total. The van der Waals surface area contributed by atoms with Crippen LogP contribution in [0.3, 0.4) is 0 Å². The van der Waals surface area contributed by atoms with Crippen LogP contribution in [0.2, 0.25) is 5.02 Å². The van der Waals surface area contributed by atoms with Crippen molar-refractivity contribution in [1.82, 2.24) is 5.32 Å². The van der Waals surface area contributed by atoms with Crippen LogP contribution in [-0.2, 0) is 9.53 Å². The van der Waals surface area contributed by atoms with Gasteiger partial charge in [-0.15, -0.1) is 0 Å². The summed E-state index contributed by atoms with van der Waals surface area (Å²) in [5.41, 5.74) is -9.05. The van der Waals surface area contributed by atoms with E-state index < -0.39 is 51.4 Å². The fourth-order valence-electron chi connectivity index (χ4n) is 3.29. The summed E-state index contributed by atoms with van der Waals surface area (Å²) in [7, 11) is 0.776. The third-order valence-corrected chi connectivity index (χ3v) is 4.87. The molecule has 5 nitrogen and oxygen atoms in total. The second-order valence-electron chi connectivity index (χ2n) is 7.89. The normalized spacial score (nSPS) is 16.5. The van der Waals surface area contributed by atoms with Gasteiger partial charge < -0.3 is 10.1 Å². The monoisotopic (exact) mass is 473 g/mol. The molecular weight excluding hydrogens is 457 g/mol. The Hall–Kier alpha value is -3.11. The molecule has 0 spiro atoms. The Kier molecular flexibility index (Phi) is 6.37. The molecule has 0 saturated carbocycles. The van der Waals surface area contributed by atoms with Gasteiger partial charge in [0.2, 0.25) is 5.41 Å². The number of hydrogen-bond donors (Lipinski definition) is 1. The van der Waals surface area contributed by atoms with Gasteiger partial charge in [-0.05, 0) is 26.8 Å². The second-order valence-corrected chi connectivity index (χ2v) is 8.30. The first-order valence-electron chi connectivity index (χ1n) is 8.97. The summed E-state index contributed by atoms with van der Waals surface area (Å²) >= 11 is 6.14. The van der Waals surface area contributed by atoms with Crippen molar-refractivity contribution in [2.75, 3.05) is 7.11 Å². The Bertz CT molecular complexity index is 1090. The summed E-state index contributed by atoms with van der Waals surface area (Å²) in [6.45, 7) is 4.27. The number of allylic oxidation sites excluding steroid dienone is 1. The number of rotatable bonds is 4. The lowest BCUT2D eigenvalue weighted by molar-refractivity contribution is -0.263. The number of ether oxygens (including phenoxy) is 1. The SMILES string of the molecule is COC(=O)C1=C(c2ccccc2Cl)C(C#N)(C#N)C(NC(C)(C)C)=C1C(F)(F)C(F)(F)F. The van der Waals surface area contributed by atoms with Crippen LogP contribution < -0.4 is 5.32 Å². The molecule has 2 rings (SSSR count). The van der Waals surface area contributed by atoms with Crippen LogP contribution in [0.25, 0.3) is 5.57 Å². The number of nitrogens with zero attached hydrogens (tertiary/aromatic N) is 2. The zero-order valence-corrected chi connectivity index (χ0v) is 18.0. The maximum atomic E-state index is 14.9. The highest BCUT2D eigenvalue weighted by Gasteiger charge is 2.67. The largest absolute Gasteiger partial charge is 0.465 e. The van der Waals surface area contributed by atoms with Gasteiger partial charge in [-0.25, -0.2) is 4.79 Å². The van der Waals surface area contributed by atoms with Crippen molar-refractivity contribution in [2.24, 2.45) is 5.41 Å². The minimum absolute atomic E-state index is 0.175. The maximum absolute atomic E-state index is 14.9. The Morgan fingerprint density at radius 1 is 1.09 bits per heavy atom. The van der Waals surface area contributed by atoms with E-state index >= 15 is 0 Å². The van der Waals surface area contributed by atoms with Gasteiger partial charge in [-0.3, -0.25) is 0 Å². The third kappa shape index (κ3) is 3.91. The Labute approximate surface area is 185 Å². The Balaban J connectivity index is 3.21. The molecule has 11 heteroatoms. The Morgan fingerprint density at radius 2 is 1.62 bits per heavy atom. The lowest BCUT2D eigenvalue weighted by Crippen LogP contribution is -2.45. The molecule has 0 saturated heterocycles. The highest BCUT2D eigenvalue weighted by Crippen LogP contribution is 2.58. The second kappa shape index (κ2) is 8.10. The molecule has 0 aliphatic heterocycles. The lowest BCUT2D eigenvalue weighted by Gasteiger charge is -2.31. The summed E-state index contributed by atoms with van der Waals surface area (Å²) in [4.78, 5) is 12.6. The van der Waals surface area contributed by atoms with Crippen LogP contribution in [0.5, 0.6) is 0 Å². The molecule has 1 aliphatic rings. The van der Waals surface area contributed by atoms with Crippen LogP contribution in [-0.4, -0.2) is 30.7 Å². The predicted molar refractivity (Wildman–Crippen MR) is 105 cm³/mol. The fourth-order valence-corrected chi connectivity index (χ4v) is 3.52. The topological polar surface area (TPSA) is 85.9 Å². The molecule has 0 radical (unpaired) electrons. The van der Waals surface area contributed by atoms with Gasteiger partial charge in [0.05, 0.1) is 36.1 Å². The number of esters is 1. The van der Waals surface area contributed by atoms with Gasteiger partial charge in [-0.2, -0.15) is 32.5 Å². The molecule has 1 aromatic rings. The van der Waals surface area contributed by atoms with E-state index in [2.05, 4.69) is 10.1 Å². The number of carbonyl (C=O) groups is 1. The lowest BCUT2D eigenvalue weighted by atomic mass is 9.78.